The van der Waals surface area contributed by atoms with Gasteiger partial charge in [-0.2, -0.15) is 13.5 Å². The summed E-state index contributed by atoms with van der Waals surface area (Å²) in [4.78, 5) is 0. The number of halogens is 1. The largest absolute Gasteiger partial charge is 0.397 e. The summed E-state index contributed by atoms with van der Waals surface area (Å²) in [5.74, 6) is 0. The lowest BCUT2D eigenvalue weighted by molar-refractivity contribution is 0.575. The molecule has 0 aliphatic carbocycles. The van der Waals surface area contributed by atoms with Crippen molar-refractivity contribution in [3.63, 3.8) is 0 Å². The fourth-order valence-corrected chi connectivity index (χ4v) is 3.55. The van der Waals surface area contributed by atoms with Crippen molar-refractivity contribution in [3.8, 4) is 0 Å². The molecule has 19 heavy (non-hydrogen) atoms. The highest BCUT2D eigenvalue weighted by molar-refractivity contribution is 7.92. The second kappa shape index (κ2) is 4.75. The SMILES string of the molecule is CN(c1ccccc1N)S(=O)(=O)c1c(Cl)cnn1C. The van der Waals surface area contributed by atoms with Gasteiger partial charge in [0, 0.05) is 14.1 Å². The molecule has 0 atom stereocenters. The zero-order valence-corrected chi connectivity index (χ0v) is 12.0. The first-order chi connectivity index (χ1) is 8.85. The smallest absolute Gasteiger partial charge is 0.282 e. The molecule has 8 heteroatoms. The Balaban J connectivity index is 2.55. The number of aromatic nitrogens is 2. The van der Waals surface area contributed by atoms with Gasteiger partial charge in [-0.25, -0.2) is 0 Å². The van der Waals surface area contributed by atoms with Crippen LogP contribution < -0.4 is 10.0 Å². The van der Waals surface area contributed by atoms with Crippen molar-refractivity contribution in [1.82, 2.24) is 9.78 Å². The van der Waals surface area contributed by atoms with Gasteiger partial charge in [-0.1, -0.05) is 23.7 Å². The normalized spacial score (nSPS) is 11.5. The van der Waals surface area contributed by atoms with E-state index < -0.39 is 10.0 Å². The molecule has 1 aromatic carbocycles. The number of nitrogen functional groups attached to an aromatic ring is 1. The predicted molar refractivity (Wildman–Crippen MR) is 74.7 cm³/mol. The maximum Gasteiger partial charge on any atom is 0.282 e. The molecule has 6 nitrogen and oxygen atoms in total. The standard InChI is InChI=1S/C11H13ClN4O2S/c1-15-11(8(12)7-14-15)19(17,18)16(2)10-6-4-3-5-9(10)13/h3-7H,13H2,1-2H3. The van der Waals surface area contributed by atoms with Crippen LogP contribution in [0.15, 0.2) is 35.5 Å². The topological polar surface area (TPSA) is 81.2 Å². The van der Waals surface area contributed by atoms with E-state index in [4.69, 9.17) is 17.3 Å². The summed E-state index contributed by atoms with van der Waals surface area (Å²) in [5.41, 5.74) is 6.54. The van der Waals surface area contributed by atoms with Gasteiger partial charge in [0.2, 0.25) is 0 Å². The first kappa shape index (κ1) is 13.7. The van der Waals surface area contributed by atoms with E-state index in [1.54, 1.807) is 24.3 Å². The molecule has 0 aliphatic heterocycles. The van der Waals surface area contributed by atoms with Gasteiger partial charge in [0.15, 0.2) is 5.03 Å². The minimum Gasteiger partial charge on any atom is -0.397 e. The first-order valence-electron chi connectivity index (χ1n) is 5.36. The van der Waals surface area contributed by atoms with Crippen LogP contribution in [0.2, 0.25) is 5.02 Å². The first-order valence-corrected chi connectivity index (χ1v) is 7.18. The monoisotopic (exact) mass is 300 g/mol. The van der Waals surface area contributed by atoms with E-state index in [9.17, 15) is 8.42 Å². The number of nitrogens with two attached hydrogens (primary N) is 1. The number of benzene rings is 1. The van der Waals surface area contributed by atoms with Crippen molar-refractivity contribution < 1.29 is 8.42 Å². The molecule has 1 heterocycles. The van der Waals surface area contributed by atoms with E-state index in [1.807, 2.05) is 0 Å². The summed E-state index contributed by atoms with van der Waals surface area (Å²) in [5, 5.41) is 3.83. The summed E-state index contributed by atoms with van der Waals surface area (Å²) in [6.45, 7) is 0. The van der Waals surface area contributed by atoms with E-state index in [2.05, 4.69) is 5.10 Å². The number of rotatable bonds is 3. The molecule has 0 aliphatic rings. The molecular weight excluding hydrogens is 288 g/mol. The van der Waals surface area contributed by atoms with Gasteiger partial charge in [-0.05, 0) is 12.1 Å². The second-order valence-corrected chi connectivity index (χ2v) is 6.24. The lowest BCUT2D eigenvalue weighted by atomic mass is 10.3. The van der Waals surface area contributed by atoms with Crippen molar-refractivity contribution in [2.75, 3.05) is 17.1 Å². The Hall–Kier alpha value is -1.73. The number of nitrogens with zero attached hydrogens (tertiary/aromatic N) is 3. The Bertz CT molecular complexity index is 692. The number of anilines is 2. The average molecular weight is 301 g/mol. The molecule has 2 N–H and O–H groups in total. The molecule has 2 rings (SSSR count). The van der Waals surface area contributed by atoms with E-state index in [0.29, 0.717) is 11.4 Å². The van der Waals surface area contributed by atoms with Crippen LogP contribution in [0.3, 0.4) is 0 Å². The number of aryl methyl sites for hydroxylation is 1. The van der Waals surface area contributed by atoms with Crippen molar-refractivity contribution in [1.29, 1.82) is 0 Å². The van der Waals surface area contributed by atoms with Gasteiger partial charge >= 0.3 is 0 Å². The van der Waals surface area contributed by atoms with E-state index in [-0.39, 0.29) is 10.0 Å². The number of para-hydroxylation sites is 2. The Kier molecular flexibility index (Phi) is 3.42. The third-order valence-corrected chi connectivity index (χ3v) is 5.00. The van der Waals surface area contributed by atoms with Gasteiger partial charge in [0.1, 0.15) is 0 Å². The van der Waals surface area contributed by atoms with Gasteiger partial charge < -0.3 is 5.73 Å². The summed E-state index contributed by atoms with van der Waals surface area (Å²) in [6, 6.07) is 6.70. The van der Waals surface area contributed by atoms with Gasteiger partial charge in [-0.3, -0.25) is 8.99 Å². The quantitative estimate of drug-likeness (QED) is 0.871. The minimum atomic E-state index is -3.81. The van der Waals surface area contributed by atoms with Crippen LogP contribution in [0, 0.1) is 0 Å². The third-order valence-electron chi connectivity index (χ3n) is 2.72. The zero-order valence-electron chi connectivity index (χ0n) is 10.4. The molecular formula is C11H13ClN4O2S. The van der Waals surface area contributed by atoms with Crippen molar-refractivity contribution in [2.45, 2.75) is 5.03 Å². The van der Waals surface area contributed by atoms with Crippen LogP contribution in [0.5, 0.6) is 0 Å². The third kappa shape index (κ3) is 2.26. The molecule has 0 amide bonds. The molecule has 1 aromatic heterocycles. The molecule has 0 radical (unpaired) electrons. The van der Waals surface area contributed by atoms with Crippen molar-refractivity contribution in [3.05, 3.63) is 35.5 Å². The molecule has 0 saturated heterocycles. The maximum atomic E-state index is 12.5. The number of hydrogen-bond acceptors (Lipinski definition) is 4. The average Bonchev–Trinajstić information content (AvgIpc) is 2.69. The Labute approximate surface area is 116 Å². The Morgan fingerprint density at radius 3 is 2.53 bits per heavy atom. The summed E-state index contributed by atoms with van der Waals surface area (Å²) in [6.07, 6.45) is 1.29. The van der Waals surface area contributed by atoms with Crippen LogP contribution >= 0.6 is 11.6 Å². The molecule has 0 fully saturated rings. The van der Waals surface area contributed by atoms with Crippen LogP contribution in [0.4, 0.5) is 11.4 Å². The highest BCUT2D eigenvalue weighted by Crippen LogP contribution is 2.29. The summed E-state index contributed by atoms with van der Waals surface area (Å²) < 4.78 is 27.3. The van der Waals surface area contributed by atoms with Crippen LogP contribution in [-0.2, 0) is 17.1 Å². The number of sulfonamides is 1. The van der Waals surface area contributed by atoms with Crippen molar-refractivity contribution >= 4 is 33.0 Å². The Morgan fingerprint density at radius 2 is 2.00 bits per heavy atom. The van der Waals surface area contributed by atoms with Gasteiger partial charge in [0.25, 0.3) is 10.0 Å². The van der Waals surface area contributed by atoms with Crippen LogP contribution in [-0.4, -0.2) is 25.2 Å². The molecule has 0 bridgehead atoms. The van der Waals surface area contributed by atoms with Crippen LogP contribution in [0.1, 0.15) is 0 Å². The highest BCUT2D eigenvalue weighted by atomic mass is 35.5. The van der Waals surface area contributed by atoms with E-state index >= 15 is 0 Å². The van der Waals surface area contributed by atoms with Gasteiger partial charge in [-0.15, -0.1) is 0 Å². The lowest BCUT2D eigenvalue weighted by Gasteiger charge is -2.21. The molecule has 0 spiro atoms. The fraction of sp³-hybridized carbons (Fsp3) is 0.182. The van der Waals surface area contributed by atoms with Gasteiger partial charge in [0.05, 0.1) is 22.6 Å². The molecule has 102 valence electrons. The minimum absolute atomic E-state index is 0.0695. The summed E-state index contributed by atoms with van der Waals surface area (Å²) in [7, 11) is -0.875. The zero-order chi connectivity index (χ0) is 14.2. The fourth-order valence-electron chi connectivity index (χ4n) is 1.72. The highest BCUT2D eigenvalue weighted by Gasteiger charge is 2.28. The van der Waals surface area contributed by atoms with Crippen molar-refractivity contribution in [2.24, 2.45) is 7.05 Å². The second-order valence-electron chi connectivity index (χ2n) is 3.95. The molecule has 2 aromatic rings. The maximum absolute atomic E-state index is 12.5. The molecule has 0 unspecified atom stereocenters. The number of hydrogen-bond donors (Lipinski definition) is 1. The predicted octanol–water partition coefficient (Wildman–Crippen LogP) is 1.48. The Morgan fingerprint density at radius 1 is 1.37 bits per heavy atom. The van der Waals surface area contributed by atoms with E-state index in [1.165, 1.54) is 25.0 Å². The van der Waals surface area contributed by atoms with E-state index in [0.717, 1.165) is 4.31 Å². The lowest BCUT2D eigenvalue weighted by Crippen LogP contribution is -2.29. The summed E-state index contributed by atoms with van der Waals surface area (Å²) >= 11 is 5.88. The molecule has 0 saturated carbocycles. The van der Waals surface area contributed by atoms with Crippen LogP contribution in [0.25, 0.3) is 0 Å².